The molecule has 1 aliphatic heterocycles. The molecule has 1 aromatic carbocycles. The number of benzene rings is 1. The van der Waals surface area contributed by atoms with E-state index in [1.54, 1.807) is 0 Å². The average molecular weight is 515 g/mol. The highest BCUT2D eigenvalue weighted by atomic mass is 127. The maximum absolute atomic E-state index is 12.0. The molecule has 3 N–H and O–H groups in total. The zero-order valence-electron chi connectivity index (χ0n) is 17.3. The van der Waals surface area contributed by atoms with E-state index in [2.05, 4.69) is 20.9 Å². The Bertz CT molecular complexity index is 639. The molecule has 0 saturated carbocycles. The third-order valence-electron chi connectivity index (χ3n) is 4.63. The highest BCUT2D eigenvalue weighted by Gasteiger charge is 2.15. The number of aliphatic imine (C=N–C) groups is 1. The Morgan fingerprint density at radius 1 is 1.10 bits per heavy atom. The molecule has 0 atom stereocenters. The van der Waals surface area contributed by atoms with Gasteiger partial charge in [-0.15, -0.1) is 24.0 Å². The van der Waals surface area contributed by atoms with Crippen LogP contribution >= 0.6 is 24.0 Å². The Kier molecular flexibility index (Phi) is 13.1. The number of hydrogen-bond acceptors (Lipinski definition) is 3. The maximum Gasteiger partial charge on any atom is 0.242 e. The lowest BCUT2D eigenvalue weighted by Crippen LogP contribution is -2.40. The minimum Gasteiger partial charge on any atom is -0.357 e. The molecule has 1 aromatic rings. The van der Waals surface area contributed by atoms with E-state index < -0.39 is 0 Å². The van der Waals surface area contributed by atoms with Gasteiger partial charge in [0.2, 0.25) is 11.8 Å². The molecule has 8 heteroatoms. The fraction of sp³-hybridized carbons (Fsp3) is 0.571. The molecule has 0 bridgehead atoms. The van der Waals surface area contributed by atoms with Crippen molar-refractivity contribution in [2.75, 3.05) is 32.7 Å². The first-order valence-corrected chi connectivity index (χ1v) is 10.3. The van der Waals surface area contributed by atoms with Crippen LogP contribution in [0, 0.1) is 0 Å². The molecule has 29 heavy (non-hydrogen) atoms. The van der Waals surface area contributed by atoms with Crippen LogP contribution in [0.25, 0.3) is 0 Å². The van der Waals surface area contributed by atoms with Crippen molar-refractivity contribution in [1.29, 1.82) is 0 Å². The van der Waals surface area contributed by atoms with Gasteiger partial charge in [-0.3, -0.25) is 9.59 Å². The van der Waals surface area contributed by atoms with Crippen LogP contribution in [0.3, 0.4) is 0 Å². The Morgan fingerprint density at radius 3 is 2.66 bits per heavy atom. The number of likely N-dealkylation sites (tertiary alicyclic amines) is 1. The zero-order valence-corrected chi connectivity index (χ0v) is 19.6. The molecule has 1 fully saturated rings. The number of rotatable bonds is 9. The smallest absolute Gasteiger partial charge is 0.242 e. The van der Waals surface area contributed by atoms with E-state index in [-0.39, 0.29) is 42.3 Å². The first-order chi connectivity index (χ1) is 13.7. The molecule has 1 saturated heterocycles. The molecule has 0 aliphatic carbocycles. The van der Waals surface area contributed by atoms with E-state index >= 15 is 0 Å². The molecule has 2 amide bonds. The minimum atomic E-state index is -0.115. The molecular formula is C21H34IN5O2. The number of amides is 2. The molecule has 1 aliphatic rings. The van der Waals surface area contributed by atoms with Gasteiger partial charge in [0.15, 0.2) is 5.96 Å². The van der Waals surface area contributed by atoms with Gasteiger partial charge >= 0.3 is 0 Å². The molecule has 162 valence electrons. The van der Waals surface area contributed by atoms with Crippen molar-refractivity contribution >= 4 is 41.8 Å². The summed E-state index contributed by atoms with van der Waals surface area (Å²) < 4.78 is 0. The van der Waals surface area contributed by atoms with Crippen LogP contribution in [0.2, 0.25) is 0 Å². The van der Waals surface area contributed by atoms with Gasteiger partial charge in [-0.25, -0.2) is 4.99 Å². The van der Waals surface area contributed by atoms with Crippen LogP contribution in [0.5, 0.6) is 0 Å². The summed E-state index contributed by atoms with van der Waals surface area (Å²) in [6, 6.07) is 9.80. The number of carbonyl (C=O) groups is 2. The Hall–Kier alpha value is -1.84. The van der Waals surface area contributed by atoms with Gasteiger partial charge in [-0.05, 0) is 31.7 Å². The molecule has 0 spiro atoms. The number of halogens is 1. The number of nitrogens with one attached hydrogen (secondary N) is 3. The van der Waals surface area contributed by atoms with Gasteiger partial charge in [-0.2, -0.15) is 0 Å². The largest absolute Gasteiger partial charge is 0.357 e. The van der Waals surface area contributed by atoms with Crippen LogP contribution < -0.4 is 16.0 Å². The van der Waals surface area contributed by atoms with Crippen molar-refractivity contribution in [2.45, 2.75) is 45.6 Å². The number of carbonyl (C=O) groups excluding carboxylic acids is 2. The summed E-state index contributed by atoms with van der Waals surface area (Å²) in [4.78, 5) is 30.3. The summed E-state index contributed by atoms with van der Waals surface area (Å²) in [6.45, 7) is 5.64. The van der Waals surface area contributed by atoms with E-state index in [0.29, 0.717) is 25.5 Å². The Labute approximate surface area is 191 Å². The van der Waals surface area contributed by atoms with Crippen LogP contribution in [-0.4, -0.2) is 55.4 Å². The predicted molar refractivity (Wildman–Crippen MR) is 127 cm³/mol. The van der Waals surface area contributed by atoms with Crippen LogP contribution in [0.1, 0.15) is 44.6 Å². The fourth-order valence-corrected chi connectivity index (χ4v) is 3.10. The second-order valence-electron chi connectivity index (χ2n) is 6.93. The van der Waals surface area contributed by atoms with E-state index in [1.807, 2.05) is 42.2 Å². The lowest BCUT2D eigenvalue weighted by atomic mass is 10.2. The van der Waals surface area contributed by atoms with Crippen molar-refractivity contribution in [3.05, 3.63) is 35.9 Å². The molecule has 0 unspecified atom stereocenters. The number of guanidine groups is 1. The van der Waals surface area contributed by atoms with E-state index in [9.17, 15) is 9.59 Å². The predicted octanol–water partition coefficient (Wildman–Crippen LogP) is 2.27. The summed E-state index contributed by atoms with van der Waals surface area (Å²) in [5.74, 6) is 0.781. The topological polar surface area (TPSA) is 85.8 Å². The monoisotopic (exact) mass is 515 g/mol. The minimum absolute atomic E-state index is 0. The van der Waals surface area contributed by atoms with Crippen LogP contribution in [-0.2, 0) is 16.1 Å². The van der Waals surface area contributed by atoms with Crippen molar-refractivity contribution in [3.63, 3.8) is 0 Å². The van der Waals surface area contributed by atoms with E-state index in [0.717, 1.165) is 50.9 Å². The van der Waals surface area contributed by atoms with Gasteiger partial charge in [0.1, 0.15) is 6.54 Å². The zero-order chi connectivity index (χ0) is 20.0. The number of nitrogens with zero attached hydrogens (tertiary/aromatic N) is 2. The van der Waals surface area contributed by atoms with Gasteiger partial charge in [-0.1, -0.05) is 36.8 Å². The van der Waals surface area contributed by atoms with Gasteiger partial charge < -0.3 is 20.9 Å². The maximum atomic E-state index is 12.0. The van der Waals surface area contributed by atoms with E-state index in [4.69, 9.17) is 0 Å². The summed E-state index contributed by atoms with van der Waals surface area (Å²) in [5.41, 5.74) is 1.06. The van der Waals surface area contributed by atoms with Crippen LogP contribution in [0.4, 0.5) is 0 Å². The van der Waals surface area contributed by atoms with Gasteiger partial charge in [0, 0.05) is 39.1 Å². The summed E-state index contributed by atoms with van der Waals surface area (Å²) >= 11 is 0. The summed E-state index contributed by atoms with van der Waals surface area (Å²) in [6.07, 6.45) is 4.79. The van der Waals surface area contributed by atoms with Crippen LogP contribution in [0.15, 0.2) is 35.3 Å². The second-order valence-corrected chi connectivity index (χ2v) is 6.93. The molecule has 2 rings (SSSR count). The molecule has 7 nitrogen and oxygen atoms in total. The normalized spacial score (nSPS) is 14.6. The molecule has 0 aromatic heterocycles. The second kappa shape index (κ2) is 15.1. The average Bonchev–Trinajstić information content (AvgIpc) is 2.92. The first kappa shape index (κ1) is 25.2. The van der Waals surface area contributed by atoms with Crippen molar-refractivity contribution in [1.82, 2.24) is 20.9 Å². The SMILES string of the molecule is CCNC(=NCC(=O)NCc1ccccc1)NCCCN1CCCCCC1=O.I. The summed E-state index contributed by atoms with van der Waals surface area (Å²) in [5, 5.41) is 9.26. The molecule has 0 radical (unpaired) electrons. The number of hydrogen-bond donors (Lipinski definition) is 3. The lowest BCUT2D eigenvalue weighted by Gasteiger charge is -2.20. The van der Waals surface area contributed by atoms with Crippen molar-refractivity contribution < 1.29 is 9.59 Å². The van der Waals surface area contributed by atoms with E-state index in [1.165, 1.54) is 0 Å². The molecule has 1 heterocycles. The third-order valence-corrected chi connectivity index (χ3v) is 4.63. The fourth-order valence-electron chi connectivity index (χ4n) is 3.10. The first-order valence-electron chi connectivity index (χ1n) is 10.3. The van der Waals surface area contributed by atoms with Crippen molar-refractivity contribution in [2.24, 2.45) is 4.99 Å². The van der Waals surface area contributed by atoms with Gasteiger partial charge in [0.05, 0.1) is 0 Å². The summed E-state index contributed by atoms with van der Waals surface area (Å²) in [7, 11) is 0. The highest BCUT2D eigenvalue weighted by molar-refractivity contribution is 14.0. The Balaban J connectivity index is 0.00000420. The third kappa shape index (κ3) is 10.5. The molecular weight excluding hydrogens is 481 g/mol. The van der Waals surface area contributed by atoms with Gasteiger partial charge in [0.25, 0.3) is 0 Å². The highest BCUT2D eigenvalue weighted by Crippen LogP contribution is 2.11. The standard InChI is InChI=1S/C21H33N5O2.HI/c1-2-22-21(23-13-9-15-26-14-8-4-7-12-20(26)28)25-17-19(27)24-16-18-10-5-3-6-11-18;/h3,5-6,10-11H,2,4,7-9,12-17H2,1H3,(H,24,27)(H2,22,23,25);1H. The lowest BCUT2D eigenvalue weighted by molar-refractivity contribution is -0.130. The van der Waals surface area contributed by atoms with Crippen molar-refractivity contribution in [3.8, 4) is 0 Å². The Morgan fingerprint density at radius 2 is 1.90 bits per heavy atom. The quantitative estimate of drug-likeness (QED) is 0.204.